The average molecular weight is 251 g/mol. The van der Waals surface area contributed by atoms with Gasteiger partial charge in [-0.15, -0.1) is 0 Å². The van der Waals surface area contributed by atoms with Crippen molar-refractivity contribution in [2.45, 2.75) is 0 Å². The topological polar surface area (TPSA) is 139 Å². The molecule has 18 heavy (non-hydrogen) atoms. The molecule has 1 heterocycles. The van der Waals surface area contributed by atoms with E-state index < -0.39 is 32.5 Å². The second-order valence-corrected chi connectivity index (χ2v) is 3.39. The summed E-state index contributed by atoms with van der Waals surface area (Å²) in [5.41, 5.74) is -2.36. The van der Waals surface area contributed by atoms with Crippen molar-refractivity contribution in [1.29, 1.82) is 0 Å². The van der Waals surface area contributed by atoms with E-state index in [2.05, 4.69) is 4.98 Å². The van der Waals surface area contributed by atoms with Gasteiger partial charge in [0.25, 0.3) is 5.69 Å². The third-order valence-electron chi connectivity index (χ3n) is 2.34. The molecule has 1 aromatic carbocycles. The summed E-state index contributed by atoms with van der Waals surface area (Å²) in [7, 11) is 0. The number of H-pyrrole nitrogens is 1. The first-order valence-electron chi connectivity index (χ1n) is 4.59. The molecule has 0 fully saturated rings. The lowest BCUT2D eigenvalue weighted by atomic mass is 10.1. The Bertz CT molecular complexity index is 735. The first-order chi connectivity index (χ1) is 8.41. The van der Waals surface area contributed by atoms with Crippen LogP contribution in [0.3, 0.4) is 0 Å². The number of non-ortho nitro benzene ring substituents is 1. The number of aromatic amines is 1. The van der Waals surface area contributed by atoms with Crippen molar-refractivity contribution < 1.29 is 15.0 Å². The Balaban J connectivity index is 3.01. The van der Waals surface area contributed by atoms with Gasteiger partial charge in [0, 0.05) is 6.07 Å². The van der Waals surface area contributed by atoms with Crippen molar-refractivity contribution in [2.75, 3.05) is 0 Å². The minimum Gasteiger partial charge on any atom is -0.501 e. The molecule has 0 saturated heterocycles. The standard InChI is InChI=1S/C9H5N3O6/c13-7-2-1-4-5(11(15)16)3-6(12(17)18)9(14)8(4)10-7/h1-3,14H,(H,10,13). The van der Waals surface area contributed by atoms with Gasteiger partial charge in [-0.05, 0) is 6.07 Å². The fourth-order valence-electron chi connectivity index (χ4n) is 1.57. The second kappa shape index (κ2) is 3.80. The SMILES string of the molecule is O=c1ccc2c([N+](=O)[O-])cc([N+](=O)[O-])c(O)c2[nH]1. The number of aromatic hydroxyl groups is 1. The molecule has 1 aromatic heterocycles. The predicted molar refractivity (Wildman–Crippen MR) is 59.5 cm³/mol. The number of hydrogen-bond donors (Lipinski definition) is 2. The summed E-state index contributed by atoms with van der Waals surface area (Å²) in [6, 6.07) is 2.80. The van der Waals surface area contributed by atoms with Crippen LogP contribution >= 0.6 is 0 Å². The van der Waals surface area contributed by atoms with Gasteiger partial charge in [0.2, 0.25) is 11.3 Å². The highest BCUT2D eigenvalue weighted by Crippen LogP contribution is 2.38. The summed E-state index contributed by atoms with van der Waals surface area (Å²) >= 11 is 0. The number of phenolic OH excluding ortho intramolecular Hbond substituents is 1. The maximum absolute atomic E-state index is 11.1. The molecule has 0 aliphatic rings. The Kier molecular flexibility index (Phi) is 2.43. The van der Waals surface area contributed by atoms with Crippen LogP contribution in [0.4, 0.5) is 11.4 Å². The fraction of sp³-hybridized carbons (Fsp3) is 0. The van der Waals surface area contributed by atoms with Gasteiger partial charge in [0.15, 0.2) is 0 Å². The average Bonchev–Trinajstić information content (AvgIpc) is 2.29. The summed E-state index contributed by atoms with van der Waals surface area (Å²) in [4.78, 5) is 32.9. The molecule has 0 radical (unpaired) electrons. The van der Waals surface area contributed by atoms with Crippen molar-refractivity contribution in [1.82, 2.24) is 4.98 Å². The fourth-order valence-corrected chi connectivity index (χ4v) is 1.57. The number of nitro benzene ring substituents is 2. The normalized spacial score (nSPS) is 10.4. The van der Waals surface area contributed by atoms with Crippen molar-refractivity contribution in [3.8, 4) is 5.75 Å². The Labute approximate surface area is 97.6 Å². The molecular weight excluding hydrogens is 246 g/mol. The molecule has 0 spiro atoms. The molecule has 0 unspecified atom stereocenters. The predicted octanol–water partition coefficient (Wildman–Crippen LogP) is 1.05. The molecule has 9 nitrogen and oxygen atoms in total. The van der Waals surface area contributed by atoms with E-state index in [0.29, 0.717) is 6.07 Å². The van der Waals surface area contributed by atoms with Gasteiger partial charge in [0.1, 0.15) is 5.52 Å². The van der Waals surface area contributed by atoms with Gasteiger partial charge in [-0.3, -0.25) is 25.0 Å². The maximum atomic E-state index is 11.1. The Morgan fingerprint density at radius 1 is 1.11 bits per heavy atom. The summed E-state index contributed by atoms with van der Waals surface area (Å²) < 4.78 is 0. The molecule has 0 aliphatic heterocycles. The quantitative estimate of drug-likeness (QED) is 0.603. The molecule has 0 amide bonds. The second-order valence-electron chi connectivity index (χ2n) is 3.39. The first-order valence-corrected chi connectivity index (χ1v) is 4.59. The van der Waals surface area contributed by atoms with Gasteiger partial charge in [-0.2, -0.15) is 0 Å². The summed E-state index contributed by atoms with van der Waals surface area (Å²) in [5, 5.41) is 31.0. The number of nitrogens with zero attached hydrogens (tertiary/aromatic N) is 2. The third-order valence-corrected chi connectivity index (χ3v) is 2.34. The van der Waals surface area contributed by atoms with Crippen molar-refractivity contribution in [3.63, 3.8) is 0 Å². The van der Waals surface area contributed by atoms with Crippen molar-refractivity contribution >= 4 is 22.3 Å². The third kappa shape index (κ3) is 1.63. The molecule has 0 saturated carbocycles. The van der Waals surface area contributed by atoms with Crippen LogP contribution in [0.1, 0.15) is 0 Å². The van der Waals surface area contributed by atoms with Crippen LogP contribution in [0, 0.1) is 20.2 Å². The number of nitro groups is 2. The maximum Gasteiger partial charge on any atom is 0.319 e. The molecule has 0 atom stereocenters. The van der Waals surface area contributed by atoms with Gasteiger partial charge in [0.05, 0.1) is 21.3 Å². The van der Waals surface area contributed by atoms with Crippen LogP contribution in [0.2, 0.25) is 0 Å². The number of nitrogens with one attached hydrogen (secondary N) is 1. The minimum atomic E-state index is -0.965. The van der Waals surface area contributed by atoms with E-state index >= 15 is 0 Å². The highest BCUT2D eigenvalue weighted by Gasteiger charge is 2.25. The molecule has 2 rings (SSSR count). The lowest BCUT2D eigenvalue weighted by Gasteiger charge is -2.02. The number of aromatic nitrogens is 1. The number of hydrogen-bond acceptors (Lipinski definition) is 6. The van der Waals surface area contributed by atoms with Crippen molar-refractivity contribution in [3.05, 3.63) is 48.8 Å². The number of pyridine rings is 1. The van der Waals surface area contributed by atoms with Crippen LogP contribution in [-0.4, -0.2) is 19.9 Å². The molecule has 9 heteroatoms. The van der Waals surface area contributed by atoms with E-state index in [1.165, 1.54) is 0 Å². The van der Waals surface area contributed by atoms with E-state index in [9.17, 15) is 30.1 Å². The zero-order valence-electron chi connectivity index (χ0n) is 8.61. The highest BCUT2D eigenvalue weighted by molar-refractivity contribution is 5.95. The largest absolute Gasteiger partial charge is 0.501 e. The van der Waals surface area contributed by atoms with E-state index in [4.69, 9.17) is 0 Å². The molecule has 92 valence electrons. The number of fused-ring (bicyclic) bond motifs is 1. The van der Waals surface area contributed by atoms with Crippen molar-refractivity contribution in [2.24, 2.45) is 0 Å². The molecule has 0 aliphatic carbocycles. The Hall–Kier alpha value is -2.97. The zero-order chi connectivity index (χ0) is 13.4. The van der Waals surface area contributed by atoms with Crippen LogP contribution in [0.25, 0.3) is 10.9 Å². The minimum absolute atomic E-state index is 0.0808. The van der Waals surface area contributed by atoms with E-state index in [1.807, 2.05) is 0 Å². The Morgan fingerprint density at radius 3 is 2.28 bits per heavy atom. The molecule has 2 aromatic rings. The number of rotatable bonds is 2. The monoisotopic (exact) mass is 251 g/mol. The zero-order valence-corrected chi connectivity index (χ0v) is 8.61. The van der Waals surface area contributed by atoms with E-state index in [1.54, 1.807) is 0 Å². The molecule has 2 N–H and O–H groups in total. The van der Waals surface area contributed by atoms with Gasteiger partial charge in [-0.1, -0.05) is 0 Å². The first kappa shape index (κ1) is 11.5. The lowest BCUT2D eigenvalue weighted by Crippen LogP contribution is -2.04. The van der Waals surface area contributed by atoms with Gasteiger partial charge >= 0.3 is 5.69 Å². The summed E-state index contributed by atoms with van der Waals surface area (Å²) in [6.45, 7) is 0. The van der Waals surface area contributed by atoms with Crippen LogP contribution in [-0.2, 0) is 0 Å². The van der Waals surface area contributed by atoms with E-state index in [-0.39, 0.29) is 10.9 Å². The summed E-state index contributed by atoms with van der Waals surface area (Å²) in [5.74, 6) is -0.807. The van der Waals surface area contributed by atoms with Gasteiger partial charge < -0.3 is 10.1 Å². The highest BCUT2D eigenvalue weighted by atomic mass is 16.6. The smallest absolute Gasteiger partial charge is 0.319 e. The summed E-state index contributed by atoms with van der Waals surface area (Å²) in [6.07, 6.45) is 0. The lowest BCUT2D eigenvalue weighted by molar-refractivity contribution is -0.393. The van der Waals surface area contributed by atoms with E-state index in [0.717, 1.165) is 12.1 Å². The van der Waals surface area contributed by atoms with Crippen LogP contribution < -0.4 is 5.56 Å². The molecular formula is C9H5N3O6. The molecule has 0 bridgehead atoms. The van der Waals surface area contributed by atoms with Crippen LogP contribution in [0.5, 0.6) is 5.75 Å². The number of benzene rings is 1. The van der Waals surface area contributed by atoms with Crippen LogP contribution in [0.15, 0.2) is 23.0 Å². The van der Waals surface area contributed by atoms with Gasteiger partial charge in [-0.25, -0.2) is 0 Å². The number of phenols is 1. The Morgan fingerprint density at radius 2 is 1.72 bits per heavy atom.